The van der Waals surface area contributed by atoms with Crippen LogP contribution in [0.2, 0.25) is 0 Å². The maximum Gasteiger partial charge on any atom is 0.224 e. The van der Waals surface area contributed by atoms with Gasteiger partial charge in [0.15, 0.2) is 0 Å². The molecule has 8 nitrogen and oxygen atoms in total. The Balaban J connectivity index is 1.20. The molecule has 4 N–H and O–H groups in total. The molecule has 0 saturated heterocycles. The lowest BCUT2D eigenvalue weighted by Crippen LogP contribution is -2.18. The Labute approximate surface area is 241 Å². The minimum atomic E-state index is -0.501. The molecule has 1 fully saturated rings. The number of hydrogen-bond acceptors (Lipinski definition) is 5. The highest BCUT2D eigenvalue weighted by atomic mass is 19.1. The number of rotatable bonds is 6. The average Bonchev–Trinajstić information content (AvgIpc) is 3.61. The lowest BCUT2D eigenvalue weighted by molar-refractivity contribution is -0.117. The largest absolute Gasteiger partial charge is 0.508 e. The third-order valence-corrected chi connectivity index (χ3v) is 8.08. The van der Waals surface area contributed by atoms with Gasteiger partial charge in [-0.3, -0.25) is 19.9 Å². The van der Waals surface area contributed by atoms with Crippen LogP contribution in [0.1, 0.15) is 38.5 Å². The molecule has 6 aromatic rings. The number of carbonyl (C=O) groups is 1. The number of amides is 1. The van der Waals surface area contributed by atoms with E-state index in [1.54, 1.807) is 24.7 Å². The fraction of sp³-hybridized carbons (Fsp3) is 0.212. The van der Waals surface area contributed by atoms with E-state index in [0.717, 1.165) is 57.5 Å². The molecule has 1 saturated carbocycles. The zero-order chi connectivity index (χ0) is 28.6. The van der Waals surface area contributed by atoms with Gasteiger partial charge in [-0.15, -0.1) is 0 Å². The number of phenols is 1. The van der Waals surface area contributed by atoms with Gasteiger partial charge >= 0.3 is 0 Å². The summed E-state index contributed by atoms with van der Waals surface area (Å²) in [6.45, 7) is 0. The Hall–Kier alpha value is -5.05. The zero-order valence-corrected chi connectivity index (χ0v) is 22.8. The molecule has 0 atom stereocenters. The van der Waals surface area contributed by atoms with E-state index in [1.165, 1.54) is 25.3 Å². The molecule has 9 heteroatoms. The van der Waals surface area contributed by atoms with E-state index in [2.05, 4.69) is 30.5 Å². The second-order valence-corrected chi connectivity index (χ2v) is 11.1. The number of aromatic hydroxyl groups is 1. The zero-order valence-electron chi connectivity index (χ0n) is 22.8. The second-order valence-electron chi connectivity index (χ2n) is 11.1. The molecule has 7 rings (SSSR count). The smallest absolute Gasteiger partial charge is 0.224 e. The molecule has 0 unspecified atom stereocenters. The number of aromatic amines is 2. The quantitative estimate of drug-likeness (QED) is 0.167. The minimum absolute atomic E-state index is 0.0213. The molecule has 210 valence electrons. The number of pyridine rings is 2. The topological polar surface area (TPSA) is 120 Å². The SMILES string of the molecule is O=C(CC1CCCCC1)Nc1cncc(-c2cc3c(-c4cc5c(-c6cc(O)cc(F)c6)cccc5[nH]4)n[nH]c3cn2)c1. The fourth-order valence-corrected chi connectivity index (χ4v) is 6.06. The summed E-state index contributed by atoms with van der Waals surface area (Å²) in [4.78, 5) is 25.1. The lowest BCUT2D eigenvalue weighted by atomic mass is 9.87. The fourth-order valence-electron chi connectivity index (χ4n) is 6.06. The molecular weight excluding hydrogens is 531 g/mol. The average molecular weight is 561 g/mol. The highest BCUT2D eigenvalue weighted by Crippen LogP contribution is 2.36. The lowest BCUT2D eigenvalue weighted by Gasteiger charge is -2.20. The van der Waals surface area contributed by atoms with E-state index in [1.807, 2.05) is 36.4 Å². The van der Waals surface area contributed by atoms with E-state index in [0.29, 0.717) is 35.0 Å². The summed E-state index contributed by atoms with van der Waals surface area (Å²) in [6, 6.07) is 15.6. The number of H-pyrrole nitrogens is 2. The predicted molar refractivity (Wildman–Crippen MR) is 161 cm³/mol. The van der Waals surface area contributed by atoms with Crippen molar-refractivity contribution >= 4 is 33.4 Å². The Morgan fingerprint density at radius 1 is 0.952 bits per heavy atom. The van der Waals surface area contributed by atoms with Gasteiger partial charge in [0.05, 0.1) is 35.0 Å². The van der Waals surface area contributed by atoms with Crippen LogP contribution in [0, 0.1) is 11.7 Å². The normalized spacial score (nSPS) is 14.0. The van der Waals surface area contributed by atoms with Crippen LogP contribution in [0.5, 0.6) is 5.75 Å². The van der Waals surface area contributed by atoms with Gasteiger partial charge in [0.1, 0.15) is 17.3 Å². The summed E-state index contributed by atoms with van der Waals surface area (Å²) in [5.74, 6) is -0.148. The van der Waals surface area contributed by atoms with Gasteiger partial charge in [0.25, 0.3) is 0 Å². The molecule has 4 aromatic heterocycles. The molecule has 0 bridgehead atoms. The van der Waals surface area contributed by atoms with Gasteiger partial charge < -0.3 is 15.4 Å². The van der Waals surface area contributed by atoms with E-state index in [9.17, 15) is 14.3 Å². The first-order valence-electron chi connectivity index (χ1n) is 14.2. The van der Waals surface area contributed by atoms with Crippen molar-refractivity contribution in [2.24, 2.45) is 5.92 Å². The van der Waals surface area contributed by atoms with Gasteiger partial charge in [0, 0.05) is 40.5 Å². The molecular formula is C33H29FN6O2. The predicted octanol–water partition coefficient (Wildman–Crippen LogP) is 7.59. The number of anilines is 1. The molecule has 1 aliphatic carbocycles. The molecule has 1 amide bonds. The minimum Gasteiger partial charge on any atom is -0.508 e. The molecule has 0 spiro atoms. The van der Waals surface area contributed by atoms with Crippen molar-refractivity contribution < 1.29 is 14.3 Å². The van der Waals surface area contributed by atoms with Crippen LogP contribution in [0.4, 0.5) is 10.1 Å². The third-order valence-electron chi connectivity index (χ3n) is 8.08. The molecule has 1 aliphatic rings. The van der Waals surface area contributed by atoms with E-state index in [-0.39, 0.29) is 11.7 Å². The molecule has 4 heterocycles. The molecule has 42 heavy (non-hydrogen) atoms. The van der Waals surface area contributed by atoms with Crippen molar-refractivity contribution in [2.45, 2.75) is 38.5 Å². The van der Waals surface area contributed by atoms with Crippen molar-refractivity contribution in [3.05, 3.63) is 79.0 Å². The van der Waals surface area contributed by atoms with Gasteiger partial charge in [-0.25, -0.2) is 4.39 Å². The van der Waals surface area contributed by atoms with Gasteiger partial charge in [0.2, 0.25) is 5.91 Å². The van der Waals surface area contributed by atoms with Crippen LogP contribution in [-0.4, -0.2) is 36.2 Å². The maximum absolute atomic E-state index is 14.1. The van der Waals surface area contributed by atoms with Crippen LogP contribution in [0.25, 0.3) is 55.6 Å². The Morgan fingerprint density at radius 3 is 2.69 bits per heavy atom. The number of hydrogen-bond donors (Lipinski definition) is 4. The van der Waals surface area contributed by atoms with Crippen LogP contribution >= 0.6 is 0 Å². The first-order chi connectivity index (χ1) is 20.5. The molecule has 0 aliphatic heterocycles. The van der Waals surface area contributed by atoms with Crippen LogP contribution in [-0.2, 0) is 4.79 Å². The Kier molecular flexibility index (Phi) is 6.62. The molecule has 2 aromatic carbocycles. The second kappa shape index (κ2) is 10.7. The summed E-state index contributed by atoms with van der Waals surface area (Å²) in [5, 5.41) is 22.3. The van der Waals surface area contributed by atoms with Gasteiger partial charge in [-0.2, -0.15) is 5.10 Å². The number of carbonyl (C=O) groups excluding carboxylic acids is 1. The van der Waals surface area contributed by atoms with Crippen molar-refractivity contribution in [1.29, 1.82) is 0 Å². The summed E-state index contributed by atoms with van der Waals surface area (Å²) < 4.78 is 14.1. The summed E-state index contributed by atoms with van der Waals surface area (Å²) in [6.07, 6.45) is 11.6. The van der Waals surface area contributed by atoms with Crippen molar-refractivity contribution in [2.75, 3.05) is 5.32 Å². The third kappa shape index (κ3) is 5.09. The van der Waals surface area contributed by atoms with E-state index in [4.69, 9.17) is 0 Å². The number of phenolic OH excluding ortho intramolecular Hbond substituents is 1. The Bertz CT molecular complexity index is 1920. The maximum atomic E-state index is 14.1. The first-order valence-corrected chi connectivity index (χ1v) is 14.2. The van der Waals surface area contributed by atoms with Crippen molar-refractivity contribution in [1.82, 2.24) is 25.1 Å². The van der Waals surface area contributed by atoms with E-state index >= 15 is 0 Å². The first kappa shape index (κ1) is 25.9. The highest BCUT2D eigenvalue weighted by Gasteiger charge is 2.18. The van der Waals surface area contributed by atoms with Crippen molar-refractivity contribution in [3.63, 3.8) is 0 Å². The van der Waals surface area contributed by atoms with Gasteiger partial charge in [-0.05, 0) is 66.3 Å². The number of halogens is 1. The number of benzene rings is 2. The Morgan fingerprint density at radius 2 is 1.83 bits per heavy atom. The van der Waals surface area contributed by atoms with Crippen LogP contribution in [0.15, 0.2) is 73.2 Å². The van der Waals surface area contributed by atoms with Crippen molar-refractivity contribution in [3.8, 4) is 39.5 Å². The number of fused-ring (bicyclic) bond motifs is 2. The van der Waals surface area contributed by atoms with Crippen LogP contribution < -0.4 is 5.32 Å². The number of nitrogens with one attached hydrogen (secondary N) is 3. The number of nitrogens with zero attached hydrogens (tertiary/aromatic N) is 3. The summed E-state index contributed by atoms with van der Waals surface area (Å²) in [7, 11) is 0. The monoisotopic (exact) mass is 560 g/mol. The van der Waals surface area contributed by atoms with Gasteiger partial charge in [-0.1, -0.05) is 31.4 Å². The van der Waals surface area contributed by atoms with E-state index < -0.39 is 5.82 Å². The summed E-state index contributed by atoms with van der Waals surface area (Å²) >= 11 is 0. The summed E-state index contributed by atoms with van der Waals surface area (Å²) in [5.41, 5.74) is 6.63. The number of aromatic nitrogens is 5. The molecule has 0 radical (unpaired) electrons. The van der Waals surface area contributed by atoms with Crippen LogP contribution in [0.3, 0.4) is 0 Å². The standard InChI is InChI=1S/C33H29FN6O2/c34-22-10-20(12-24(41)13-22)25-7-4-8-28-26(25)14-30(38-28)33-27-15-29(36-18-31(27)39-40-33)21-11-23(17-35-16-21)37-32(42)9-19-5-2-1-3-6-19/h4,7-8,10-19,38,41H,1-3,5-6,9H2,(H,37,42)(H,39,40). The highest BCUT2D eigenvalue weighted by molar-refractivity contribution is 6.01.